The first-order valence-corrected chi connectivity index (χ1v) is 8.67. The predicted molar refractivity (Wildman–Crippen MR) is 120 cm³/mol. The van der Waals surface area contributed by atoms with Gasteiger partial charge in [-0.1, -0.05) is 12.1 Å². The van der Waals surface area contributed by atoms with Crippen molar-refractivity contribution >= 4 is 29.9 Å². The van der Waals surface area contributed by atoms with Gasteiger partial charge in [0, 0.05) is 20.1 Å². The topological polar surface area (TPSA) is 64.1 Å². The summed E-state index contributed by atoms with van der Waals surface area (Å²) < 4.78 is 29.7. The second-order valence-electron chi connectivity index (χ2n) is 5.67. The minimum Gasteiger partial charge on any atom is -0.493 e. The molecule has 6 nitrogen and oxygen atoms in total. The van der Waals surface area contributed by atoms with E-state index in [1.807, 2.05) is 31.2 Å². The summed E-state index contributed by atoms with van der Waals surface area (Å²) in [5.41, 5.74) is 1.81. The molecule has 0 aromatic heterocycles. The van der Waals surface area contributed by atoms with E-state index in [2.05, 4.69) is 15.6 Å². The summed E-state index contributed by atoms with van der Waals surface area (Å²) >= 11 is 0. The van der Waals surface area contributed by atoms with Crippen molar-refractivity contribution in [2.45, 2.75) is 20.0 Å². The van der Waals surface area contributed by atoms with Crippen LogP contribution in [-0.2, 0) is 13.1 Å². The zero-order chi connectivity index (χ0) is 19.6. The van der Waals surface area contributed by atoms with Crippen LogP contribution in [0.5, 0.6) is 17.2 Å². The van der Waals surface area contributed by atoms with Crippen molar-refractivity contribution in [3.8, 4) is 17.2 Å². The van der Waals surface area contributed by atoms with E-state index in [0.29, 0.717) is 37.2 Å². The summed E-state index contributed by atoms with van der Waals surface area (Å²) in [4.78, 5) is 4.18. The Labute approximate surface area is 182 Å². The van der Waals surface area contributed by atoms with Gasteiger partial charge < -0.3 is 24.8 Å². The van der Waals surface area contributed by atoms with Gasteiger partial charge in [-0.05, 0) is 42.3 Å². The normalized spacial score (nSPS) is 10.7. The molecule has 0 saturated carbocycles. The van der Waals surface area contributed by atoms with Crippen molar-refractivity contribution in [1.29, 1.82) is 0 Å². The van der Waals surface area contributed by atoms with Gasteiger partial charge in [-0.15, -0.1) is 24.0 Å². The van der Waals surface area contributed by atoms with Gasteiger partial charge in [0.25, 0.3) is 0 Å². The number of nitrogens with one attached hydrogen (secondary N) is 2. The summed E-state index contributed by atoms with van der Waals surface area (Å²) in [7, 11) is 4.89. The fourth-order valence-electron chi connectivity index (χ4n) is 2.51. The van der Waals surface area contributed by atoms with Crippen LogP contribution in [0.25, 0.3) is 0 Å². The first kappa shape index (κ1) is 23.8. The lowest BCUT2D eigenvalue weighted by molar-refractivity contribution is 0.321. The van der Waals surface area contributed by atoms with E-state index in [-0.39, 0.29) is 35.5 Å². The lowest BCUT2D eigenvalue weighted by atomic mass is 10.2. The van der Waals surface area contributed by atoms with Crippen molar-refractivity contribution in [2.75, 3.05) is 27.9 Å². The molecule has 0 heterocycles. The molecule has 0 radical (unpaired) electrons. The summed E-state index contributed by atoms with van der Waals surface area (Å²) in [6.45, 7) is 3.25. The van der Waals surface area contributed by atoms with Crippen LogP contribution in [0, 0.1) is 5.82 Å². The fourth-order valence-corrected chi connectivity index (χ4v) is 2.51. The summed E-state index contributed by atoms with van der Waals surface area (Å²) in [5.74, 6) is 1.85. The lowest BCUT2D eigenvalue weighted by Gasteiger charge is -2.14. The minimum absolute atomic E-state index is 0. The van der Waals surface area contributed by atoms with Crippen molar-refractivity contribution in [3.63, 3.8) is 0 Å². The van der Waals surface area contributed by atoms with Gasteiger partial charge in [0.05, 0.1) is 20.8 Å². The predicted octanol–water partition coefficient (Wildman–Crippen LogP) is 3.72. The molecule has 28 heavy (non-hydrogen) atoms. The maximum absolute atomic E-state index is 13.9. The number of aliphatic imine (C=N–C) groups is 1. The molecule has 2 N–H and O–H groups in total. The summed E-state index contributed by atoms with van der Waals surface area (Å²) in [5, 5.41) is 6.38. The van der Waals surface area contributed by atoms with Crippen LogP contribution in [0.2, 0.25) is 0 Å². The summed E-state index contributed by atoms with van der Waals surface area (Å²) in [6, 6.07) is 10.6. The molecule has 2 aromatic rings. The van der Waals surface area contributed by atoms with Gasteiger partial charge in [-0.3, -0.25) is 4.99 Å². The van der Waals surface area contributed by atoms with Gasteiger partial charge in [-0.2, -0.15) is 0 Å². The van der Waals surface area contributed by atoms with Crippen LogP contribution in [0.1, 0.15) is 18.1 Å². The van der Waals surface area contributed by atoms with Crippen molar-refractivity contribution in [1.82, 2.24) is 10.6 Å². The van der Waals surface area contributed by atoms with Gasteiger partial charge >= 0.3 is 0 Å². The van der Waals surface area contributed by atoms with Gasteiger partial charge in [-0.25, -0.2) is 4.39 Å². The number of rotatable bonds is 8. The van der Waals surface area contributed by atoms with Crippen molar-refractivity contribution in [3.05, 3.63) is 53.3 Å². The molecule has 0 aliphatic rings. The average molecular weight is 503 g/mol. The Balaban J connectivity index is 0.00000392. The molecule has 0 bridgehead atoms. The van der Waals surface area contributed by atoms with Crippen LogP contribution >= 0.6 is 24.0 Å². The van der Waals surface area contributed by atoms with E-state index >= 15 is 0 Å². The molecule has 0 amide bonds. The van der Waals surface area contributed by atoms with Gasteiger partial charge in [0.1, 0.15) is 0 Å². The molecule has 0 spiro atoms. The first-order chi connectivity index (χ1) is 13.1. The number of hydrogen-bond donors (Lipinski definition) is 2. The SMILES string of the molecule is CCOc1ccc(CNC(=NC)NCc2ccc(OC)c(OC)c2)cc1F.I. The van der Waals surface area contributed by atoms with Crippen LogP contribution in [0.15, 0.2) is 41.4 Å². The highest BCUT2D eigenvalue weighted by Crippen LogP contribution is 2.27. The number of hydrogen-bond acceptors (Lipinski definition) is 4. The molecule has 2 rings (SSSR count). The Morgan fingerprint density at radius 1 is 0.929 bits per heavy atom. The van der Waals surface area contributed by atoms with Gasteiger partial charge in [0.2, 0.25) is 0 Å². The van der Waals surface area contributed by atoms with E-state index in [4.69, 9.17) is 14.2 Å². The molecular formula is C20H27FIN3O3. The zero-order valence-electron chi connectivity index (χ0n) is 16.5. The fraction of sp³-hybridized carbons (Fsp3) is 0.350. The first-order valence-electron chi connectivity index (χ1n) is 8.67. The third-order valence-corrected chi connectivity index (χ3v) is 3.89. The number of benzene rings is 2. The van der Waals surface area contributed by atoms with Crippen molar-refractivity contribution in [2.24, 2.45) is 4.99 Å². The monoisotopic (exact) mass is 503 g/mol. The highest BCUT2D eigenvalue weighted by molar-refractivity contribution is 14.0. The molecule has 0 atom stereocenters. The molecule has 0 unspecified atom stereocenters. The zero-order valence-corrected chi connectivity index (χ0v) is 18.9. The Morgan fingerprint density at radius 2 is 1.50 bits per heavy atom. The molecule has 154 valence electrons. The molecule has 0 aliphatic carbocycles. The maximum Gasteiger partial charge on any atom is 0.191 e. The van der Waals surface area contributed by atoms with E-state index in [0.717, 1.165) is 11.1 Å². The van der Waals surface area contributed by atoms with E-state index < -0.39 is 0 Å². The average Bonchev–Trinajstić information content (AvgIpc) is 2.69. The number of ether oxygens (including phenoxy) is 3. The third-order valence-electron chi connectivity index (χ3n) is 3.89. The van der Waals surface area contributed by atoms with Gasteiger partial charge in [0.15, 0.2) is 29.0 Å². The Bertz CT molecular complexity index is 787. The second-order valence-corrected chi connectivity index (χ2v) is 5.67. The molecule has 2 aromatic carbocycles. The molecule has 0 saturated heterocycles. The lowest BCUT2D eigenvalue weighted by Crippen LogP contribution is -2.36. The minimum atomic E-state index is -0.371. The Morgan fingerprint density at radius 3 is 2.00 bits per heavy atom. The van der Waals surface area contributed by atoms with Crippen molar-refractivity contribution < 1.29 is 18.6 Å². The molecular weight excluding hydrogens is 476 g/mol. The van der Waals surface area contributed by atoms with Crippen LogP contribution < -0.4 is 24.8 Å². The third kappa shape index (κ3) is 6.74. The van der Waals surface area contributed by atoms with E-state index in [1.165, 1.54) is 6.07 Å². The molecule has 0 fully saturated rings. The van der Waals surface area contributed by atoms with E-state index in [1.54, 1.807) is 27.3 Å². The number of nitrogens with zero attached hydrogens (tertiary/aromatic N) is 1. The standard InChI is InChI=1S/C20H26FN3O3.HI/c1-5-27-17-8-6-14(10-16(17)21)12-23-20(22-2)24-13-15-7-9-18(25-3)19(11-15)26-4;/h6-11H,5,12-13H2,1-4H3,(H2,22,23,24);1H. The van der Waals surface area contributed by atoms with Crippen LogP contribution in [0.3, 0.4) is 0 Å². The Kier molecular flexibility index (Phi) is 10.4. The largest absolute Gasteiger partial charge is 0.493 e. The van der Waals surface area contributed by atoms with E-state index in [9.17, 15) is 4.39 Å². The molecule has 0 aliphatic heterocycles. The quantitative estimate of drug-likeness (QED) is 0.327. The Hall–Kier alpha value is -2.23. The van der Waals surface area contributed by atoms with Crippen LogP contribution in [0.4, 0.5) is 4.39 Å². The summed E-state index contributed by atoms with van der Waals surface area (Å²) in [6.07, 6.45) is 0. The highest BCUT2D eigenvalue weighted by atomic mass is 127. The van der Waals surface area contributed by atoms with Crippen LogP contribution in [-0.4, -0.2) is 33.8 Å². The molecule has 8 heteroatoms. The number of halogens is 2. The number of guanidine groups is 1. The smallest absolute Gasteiger partial charge is 0.191 e. The highest BCUT2D eigenvalue weighted by Gasteiger charge is 2.07. The number of methoxy groups -OCH3 is 2. The second kappa shape index (κ2) is 12.3. The maximum atomic E-state index is 13.9.